The Labute approximate surface area is 179 Å². The number of likely N-dealkylation sites (tertiary alicyclic amines) is 1. The molecule has 160 valence electrons. The summed E-state index contributed by atoms with van der Waals surface area (Å²) in [5.41, 5.74) is -0.304. The fraction of sp³-hybridized carbons (Fsp3) is 0.429. The van der Waals surface area contributed by atoms with Crippen LogP contribution in [-0.2, 0) is 4.74 Å². The molecule has 1 aromatic heterocycles. The summed E-state index contributed by atoms with van der Waals surface area (Å²) in [6.07, 6.45) is 2.23. The first-order valence-corrected chi connectivity index (χ1v) is 10.7. The molecule has 1 saturated heterocycles. The number of carbonyl (C=O) groups is 2. The number of hydrogen-bond donors (Lipinski definition) is 1. The predicted octanol–water partition coefficient (Wildman–Crippen LogP) is 3.65. The van der Waals surface area contributed by atoms with Crippen LogP contribution in [0.3, 0.4) is 0 Å². The number of hydrogen-bond acceptors (Lipinski definition) is 7. The van der Waals surface area contributed by atoms with Gasteiger partial charge in [0.15, 0.2) is 0 Å². The lowest BCUT2D eigenvalue weighted by Gasteiger charge is -2.36. The van der Waals surface area contributed by atoms with Gasteiger partial charge >= 0.3 is 5.97 Å². The summed E-state index contributed by atoms with van der Waals surface area (Å²) in [6, 6.07) is 7.68. The van der Waals surface area contributed by atoms with Crippen LogP contribution in [0.25, 0.3) is 0 Å². The maximum atomic E-state index is 12.8. The van der Waals surface area contributed by atoms with E-state index < -0.39 is 16.8 Å². The number of ether oxygens (including phenoxy) is 1. The average molecular weight is 432 g/mol. The number of nitro groups is 1. The first-order valence-electron chi connectivity index (χ1n) is 9.82. The van der Waals surface area contributed by atoms with E-state index in [1.54, 1.807) is 11.3 Å². The zero-order valence-electron chi connectivity index (χ0n) is 17.0. The molecule has 9 heteroatoms. The third-order valence-electron chi connectivity index (χ3n) is 5.40. The number of rotatable bonds is 7. The Balaban J connectivity index is 1.77. The molecule has 2 heterocycles. The second kappa shape index (κ2) is 9.82. The number of methoxy groups -OCH3 is 1. The second-order valence-electron chi connectivity index (χ2n) is 7.48. The molecule has 3 rings (SSSR count). The van der Waals surface area contributed by atoms with Crippen molar-refractivity contribution in [1.82, 2.24) is 10.2 Å². The lowest BCUT2D eigenvalue weighted by atomic mass is 9.97. The van der Waals surface area contributed by atoms with Gasteiger partial charge in [0.25, 0.3) is 11.6 Å². The highest BCUT2D eigenvalue weighted by Crippen LogP contribution is 2.29. The van der Waals surface area contributed by atoms with Crippen LogP contribution in [0, 0.1) is 16.0 Å². The molecule has 0 spiro atoms. The molecule has 1 amide bonds. The normalized spacial score (nSPS) is 16.1. The van der Waals surface area contributed by atoms with Crippen LogP contribution in [0.5, 0.6) is 0 Å². The summed E-state index contributed by atoms with van der Waals surface area (Å²) in [6.45, 7) is 4.55. The molecule has 1 N–H and O–H groups in total. The van der Waals surface area contributed by atoms with Gasteiger partial charge in [0.1, 0.15) is 0 Å². The monoisotopic (exact) mass is 431 g/mol. The minimum Gasteiger partial charge on any atom is -0.465 e. The first kappa shape index (κ1) is 21.9. The summed E-state index contributed by atoms with van der Waals surface area (Å²) in [5, 5.41) is 16.1. The molecule has 0 bridgehead atoms. The first-order chi connectivity index (χ1) is 14.4. The van der Waals surface area contributed by atoms with Crippen molar-refractivity contribution in [2.45, 2.75) is 25.8 Å². The molecule has 1 atom stereocenters. The van der Waals surface area contributed by atoms with Gasteiger partial charge in [-0.1, -0.05) is 13.0 Å². The van der Waals surface area contributed by atoms with Crippen LogP contribution < -0.4 is 5.32 Å². The quantitative estimate of drug-likeness (QED) is 0.408. The topological polar surface area (TPSA) is 102 Å². The fourth-order valence-electron chi connectivity index (χ4n) is 3.61. The number of thiophene rings is 1. The molecule has 1 aliphatic rings. The van der Waals surface area contributed by atoms with E-state index in [1.807, 2.05) is 11.4 Å². The van der Waals surface area contributed by atoms with E-state index in [0.29, 0.717) is 12.5 Å². The van der Waals surface area contributed by atoms with Crippen LogP contribution in [0.2, 0.25) is 0 Å². The Bertz CT molecular complexity index is 907. The smallest absolute Gasteiger partial charge is 0.338 e. The third kappa shape index (κ3) is 5.22. The Morgan fingerprint density at radius 1 is 1.30 bits per heavy atom. The number of nitrogens with zero attached hydrogens (tertiary/aromatic N) is 2. The summed E-state index contributed by atoms with van der Waals surface area (Å²) in [5.74, 6) is -0.496. The van der Waals surface area contributed by atoms with Crippen LogP contribution in [0.15, 0.2) is 35.7 Å². The van der Waals surface area contributed by atoms with Crippen molar-refractivity contribution in [3.8, 4) is 0 Å². The van der Waals surface area contributed by atoms with E-state index in [9.17, 15) is 19.7 Å². The Hall–Kier alpha value is -2.78. The minimum atomic E-state index is -0.730. The summed E-state index contributed by atoms with van der Waals surface area (Å²) < 4.78 is 4.64. The van der Waals surface area contributed by atoms with E-state index in [4.69, 9.17) is 0 Å². The van der Waals surface area contributed by atoms with E-state index >= 15 is 0 Å². The largest absolute Gasteiger partial charge is 0.465 e. The number of nitro benzene ring substituents is 1. The zero-order chi connectivity index (χ0) is 21.7. The lowest BCUT2D eigenvalue weighted by Crippen LogP contribution is -2.41. The van der Waals surface area contributed by atoms with E-state index in [0.717, 1.165) is 32.0 Å². The predicted molar refractivity (Wildman–Crippen MR) is 114 cm³/mol. The molecule has 1 fully saturated rings. The maximum absolute atomic E-state index is 12.8. The van der Waals surface area contributed by atoms with Crippen molar-refractivity contribution >= 4 is 28.9 Å². The van der Waals surface area contributed by atoms with Gasteiger partial charge in [0.2, 0.25) is 0 Å². The highest BCUT2D eigenvalue weighted by Gasteiger charge is 2.26. The Kier molecular flexibility index (Phi) is 7.17. The summed E-state index contributed by atoms with van der Waals surface area (Å²) in [7, 11) is 1.19. The molecule has 2 aromatic rings. The molecule has 0 unspecified atom stereocenters. The lowest BCUT2D eigenvalue weighted by molar-refractivity contribution is -0.384. The van der Waals surface area contributed by atoms with Gasteiger partial charge in [-0.05, 0) is 49.4 Å². The van der Waals surface area contributed by atoms with Gasteiger partial charge in [0.05, 0.1) is 23.6 Å². The van der Waals surface area contributed by atoms with E-state index in [-0.39, 0.29) is 22.9 Å². The second-order valence-corrected chi connectivity index (χ2v) is 8.46. The number of non-ortho nitro benzene ring substituents is 1. The van der Waals surface area contributed by atoms with Gasteiger partial charge in [-0.3, -0.25) is 19.8 Å². The maximum Gasteiger partial charge on any atom is 0.338 e. The SMILES string of the molecule is COC(=O)c1cc(C(=O)NC[C@@H](c2cccs2)N2CCC(C)CC2)cc([N+](=O)[O-])c1. The highest BCUT2D eigenvalue weighted by molar-refractivity contribution is 7.10. The number of esters is 1. The van der Waals surface area contributed by atoms with Crippen molar-refractivity contribution < 1.29 is 19.2 Å². The number of carbonyl (C=O) groups excluding carboxylic acids is 2. The molecular formula is C21H25N3O5S. The van der Waals surface area contributed by atoms with Crippen molar-refractivity contribution in [2.24, 2.45) is 5.92 Å². The van der Waals surface area contributed by atoms with Gasteiger partial charge in [-0.15, -0.1) is 11.3 Å². The van der Waals surface area contributed by atoms with Crippen LogP contribution >= 0.6 is 11.3 Å². The summed E-state index contributed by atoms with van der Waals surface area (Å²) >= 11 is 1.65. The van der Waals surface area contributed by atoms with Crippen molar-refractivity contribution in [1.29, 1.82) is 0 Å². The van der Waals surface area contributed by atoms with Gasteiger partial charge < -0.3 is 10.1 Å². The number of benzene rings is 1. The van der Waals surface area contributed by atoms with Crippen molar-refractivity contribution in [3.63, 3.8) is 0 Å². The third-order valence-corrected chi connectivity index (χ3v) is 6.37. The van der Waals surface area contributed by atoms with Crippen LogP contribution in [-0.4, -0.2) is 48.4 Å². The van der Waals surface area contributed by atoms with Crippen molar-refractivity contribution in [2.75, 3.05) is 26.7 Å². The van der Waals surface area contributed by atoms with Crippen LogP contribution in [0.1, 0.15) is 51.4 Å². The number of nitrogens with one attached hydrogen (secondary N) is 1. The molecule has 0 radical (unpaired) electrons. The molecule has 1 aromatic carbocycles. The standard InChI is InChI=1S/C21H25N3O5S/c1-14-5-7-23(8-6-14)18(19-4-3-9-30-19)13-22-20(25)15-10-16(21(26)29-2)12-17(11-15)24(27)28/h3-4,9-12,14,18H,5-8,13H2,1-2H3,(H,22,25)/t18-/m0/s1. The molecule has 1 aliphatic heterocycles. The zero-order valence-corrected chi connectivity index (χ0v) is 17.8. The minimum absolute atomic E-state index is 0.0309. The fourth-order valence-corrected chi connectivity index (χ4v) is 4.47. The van der Waals surface area contributed by atoms with E-state index in [2.05, 4.69) is 27.9 Å². The average Bonchev–Trinajstić information content (AvgIpc) is 3.28. The summed E-state index contributed by atoms with van der Waals surface area (Å²) in [4.78, 5) is 38.7. The van der Waals surface area contributed by atoms with Gasteiger partial charge in [0, 0.05) is 29.1 Å². The Morgan fingerprint density at radius 2 is 2.00 bits per heavy atom. The number of amides is 1. The van der Waals surface area contributed by atoms with E-state index in [1.165, 1.54) is 24.1 Å². The van der Waals surface area contributed by atoms with Gasteiger partial charge in [-0.25, -0.2) is 4.79 Å². The molecule has 0 aliphatic carbocycles. The highest BCUT2D eigenvalue weighted by atomic mass is 32.1. The molecule has 30 heavy (non-hydrogen) atoms. The van der Waals surface area contributed by atoms with Gasteiger partial charge in [-0.2, -0.15) is 0 Å². The van der Waals surface area contributed by atoms with Crippen LogP contribution in [0.4, 0.5) is 5.69 Å². The molecular weight excluding hydrogens is 406 g/mol. The Morgan fingerprint density at radius 3 is 2.60 bits per heavy atom. The number of piperidine rings is 1. The molecule has 0 saturated carbocycles. The molecule has 8 nitrogen and oxygen atoms in total. The van der Waals surface area contributed by atoms with Crippen molar-refractivity contribution in [3.05, 3.63) is 61.8 Å².